The summed E-state index contributed by atoms with van der Waals surface area (Å²) in [6, 6.07) is 2.36. The van der Waals surface area contributed by atoms with Gasteiger partial charge in [0.25, 0.3) is 0 Å². The molecule has 0 fully saturated rings. The molecule has 0 saturated heterocycles. The number of pyridine rings is 1. The molecule has 3 N–H and O–H groups in total. The van der Waals surface area contributed by atoms with Crippen molar-refractivity contribution >= 4 is 12.0 Å². The Morgan fingerprint density at radius 2 is 2.14 bits per heavy atom. The van der Waals surface area contributed by atoms with Crippen LogP contribution in [0.25, 0.3) is 0 Å². The van der Waals surface area contributed by atoms with Crippen LogP contribution in [-0.4, -0.2) is 35.2 Å². The summed E-state index contributed by atoms with van der Waals surface area (Å²) in [5.41, 5.74) is 0.543. The quantitative estimate of drug-likeness (QED) is 0.629. The van der Waals surface area contributed by atoms with Gasteiger partial charge < -0.3 is 20.5 Å². The fourth-order valence-electron chi connectivity index (χ4n) is 1.40. The molecule has 0 atom stereocenters. The molecule has 1 aromatic rings. The molecule has 0 bridgehead atoms. The van der Waals surface area contributed by atoms with Crippen molar-refractivity contribution < 1.29 is 28.2 Å². The number of halogens is 2. The first-order valence-electron chi connectivity index (χ1n) is 6.10. The fourth-order valence-corrected chi connectivity index (χ4v) is 1.40. The molecule has 0 aliphatic rings. The number of nitrogens with one attached hydrogen (secondary N) is 2. The zero-order valence-corrected chi connectivity index (χ0v) is 11.0. The Labute approximate surface area is 119 Å². The second-order valence-corrected chi connectivity index (χ2v) is 3.99. The lowest BCUT2D eigenvalue weighted by Crippen LogP contribution is -2.35. The largest absolute Gasteiger partial charge is 0.481 e. The van der Waals surface area contributed by atoms with Crippen molar-refractivity contribution in [2.45, 2.75) is 26.0 Å². The molecule has 7 nitrogen and oxygen atoms in total. The van der Waals surface area contributed by atoms with Gasteiger partial charge in [-0.2, -0.15) is 8.78 Å². The van der Waals surface area contributed by atoms with Gasteiger partial charge in [-0.05, 0) is 18.1 Å². The fraction of sp³-hybridized carbons (Fsp3) is 0.417. The summed E-state index contributed by atoms with van der Waals surface area (Å²) in [5, 5.41) is 13.4. The van der Waals surface area contributed by atoms with E-state index in [0.717, 1.165) is 0 Å². The first-order chi connectivity index (χ1) is 9.97. The van der Waals surface area contributed by atoms with E-state index in [9.17, 15) is 18.4 Å². The molecule has 1 heterocycles. The summed E-state index contributed by atoms with van der Waals surface area (Å²) < 4.78 is 28.2. The standard InChI is InChI=1S/C12H15F2N3O4/c13-11(14)21-9-6-8(3-5-15-9)7-17-12(20)16-4-1-2-10(18)19/h3,5-6,11H,1-2,4,7H2,(H,18,19)(H2,16,17,20). The number of aliphatic carboxylic acids is 1. The smallest absolute Gasteiger partial charge is 0.388 e. The Balaban J connectivity index is 2.30. The van der Waals surface area contributed by atoms with Gasteiger partial charge in [-0.25, -0.2) is 9.78 Å². The highest BCUT2D eigenvalue weighted by Gasteiger charge is 2.07. The summed E-state index contributed by atoms with van der Waals surface area (Å²) in [6.07, 6.45) is 1.59. The highest BCUT2D eigenvalue weighted by molar-refractivity contribution is 5.73. The van der Waals surface area contributed by atoms with E-state index >= 15 is 0 Å². The first-order valence-corrected chi connectivity index (χ1v) is 6.10. The van der Waals surface area contributed by atoms with Crippen molar-refractivity contribution in [2.24, 2.45) is 0 Å². The number of amides is 2. The SMILES string of the molecule is O=C(O)CCCNC(=O)NCc1ccnc(OC(F)F)c1. The molecule has 1 aromatic heterocycles. The van der Waals surface area contributed by atoms with E-state index in [0.29, 0.717) is 12.0 Å². The minimum atomic E-state index is -2.96. The lowest BCUT2D eigenvalue weighted by atomic mass is 10.2. The van der Waals surface area contributed by atoms with E-state index in [1.165, 1.54) is 12.3 Å². The van der Waals surface area contributed by atoms with Crippen LogP contribution in [-0.2, 0) is 11.3 Å². The van der Waals surface area contributed by atoms with Crippen molar-refractivity contribution in [3.05, 3.63) is 23.9 Å². The predicted octanol–water partition coefficient (Wildman–Crippen LogP) is 1.35. The number of hydrogen-bond donors (Lipinski definition) is 3. The molecule has 0 aliphatic heterocycles. The van der Waals surface area contributed by atoms with E-state index < -0.39 is 18.6 Å². The van der Waals surface area contributed by atoms with Crippen LogP contribution in [0.3, 0.4) is 0 Å². The summed E-state index contributed by atoms with van der Waals surface area (Å²) in [6.45, 7) is -2.63. The van der Waals surface area contributed by atoms with Gasteiger partial charge in [0.2, 0.25) is 5.88 Å². The Bertz CT molecular complexity index is 485. The summed E-state index contributed by atoms with van der Waals surface area (Å²) in [4.78, 5) is 25.2. The summed E-state index contributed by atoms with van der Waals surface area (Å²) in [5.74, 6) is -1.16. The number of carboxylic acid groups (broad SMARTS) is 1. The van der Waals surface area contributed by atoms with Crippen LogP contribution >= 0.6 is 0 Å². The van der Waals surface area contributed by atoms with Crippen molar-refractivity contribution in [3.63, 3.8) is 0 Å². The van der Waals surface area contributed by atoms with E-state index in [4.69, 9.17) is 5.11 Å². The number of rotatable bonds is 8. The van der Waals surface area contributed by atoms with Crippen molar-refractivity contribution in [2.75, 3.05) is 6.54 Å². The minimum absolute atomic E-state index is 0.0288. The number of alkyl halides is 2. The number of carbonyl (C=O) groups is 2. The Morgan fingerprint density at radius 3 is 2.81 bits per heavy atom. The zero-order valence-electron chi connectivity index (χ0n) is 11.0. The van der Waals surface area contributed by atoms with Crippen molar-refractivity contribution in [1.82, 2.24) is 15.6 Å². The molecule has 0 aliphatic carbocycles. The number of carboxylic acids is 1. The average molecular weight is 303 g/mol. The Morgan fingerprint density at radius 1 is 1.38 bits per heavy atom. The number of ether oxygens (including phenoxy) is 1. The van der Waals surface area contributed by atoms with E-state index in [1.807, 2.05) is 0 Å². The van der Waals surface area contributed by atoms with E-state index in [2.05, 4.69) is 20.4 Å². The van der Waals surface area contributed by atoms with Gasteiger partial charge in [0, 0.05) is 31.8 Å². The third kappa shape index (κ3) is 7.65. The van der Waals surface area contributed by atoms with Crippen LogP contribution in [0.4, 0.5) is 13.6 Å². The third-order valence-corrected chi connectivity index (χ3v) is 2.32. The molecule has 9 heteroatoms. The van der Waals surface area contributed by atoms with Crippen LogP contribution in [0.15, 0.2) is 18.3 Å². The minimum Gasteiger partial charge on any atom is -0.481 e. The average Bonchev–Trinajstić information content (AvgIpc) is 2.41. The van der Waals surface area contributed by atoms with Crippen molar-refractivity contribution in [1.29, 1.82) is 0 Å². The monoisotopic (exact) mass is 303 g/mol. The maximum atomic E-state index is 12.0. The van der Waals surface area contributed by atoms with Gasteiger partial charge in [0.05, 0.1) is 0 Å². The Kier molecular flexibility index (Phi) is 6.85. The van der Waals surface area contributed by atoms with Crippen molar-refractivity contribution in [3.8, 4) is 5.88 Å². The number of nitrogens with zero attached hydrogens (tertiary/aromatic N) is 1. The molecule has 0 aromatic carbocycles. The van der Waals surface area contributed by atoms with Gasteiger partial charge in [0.15, 0.2) is 0 Å². The second-order valence-electron chi connectivity index (χ2n) is 3.99. The normalized spacial score (nSPS) is 10.2. The van der Waals surface area contributed by atoms with Crippen LogP contribution in [0.1, 0.15) is 18.4 Å². The van der Waals surface area contributed by atoms with E-state index in [1.54, 1.807) is 6.07 Å². The molecule has 116 valence electrons. The maximum Gasteiger partial charge on any atom is 0.388 e. The number of urea groups is 1. The van der Waals surface area contributed by atoms with Gasteiger partial charge >= 0.3 is 18.6 Å². The summed E-state index contributed by atoms with van der Waals surface area (Å²) >= 11 is 0. The molecule has 0 radical (unpaired) electrons. The maximum absolute atomic E-state index is 12.0. The molecule has 0 spiro atoms. The lowest BCUT2D eigenvalue weighted by Gasteiger charge is -2.08. The molecule has 0 unspecified atom stereocenters. The molecular weight excluding hydrogens is 288 g/mol. The second kappa shape index (κ2) is 8.67. The molecular formula is C12H15F2N3O4. The highest BCUT2D eigenvalue weighted by Crippen LogP contribution is 2.11. The van der Waals surface area contributed by atoms with Crippen LogP contribution < -0.4 is 15.4 Å². The number of aromatic nitrogens is 1. The number of hydrogen-bond acceptors (Lipinski definition) is 4. The lowest BCUT2D eigenvalue weighted by molar-refractivity contribution is -0.137. The van der Waals surface area contributed by atoms with Crippen LogP contribution in [0.2, 0.25) is 0 Å². The molecule has 21 heavy (non-hydrogen) atoms. The number of carbonyl (C=O) groups excluding carboxylic acids is 1. The van der Waals surface area contributed by atoms with Gasteiger partial charge in [-0.1, -0.05) is 0 Å². The molecule has 0 saturated carbocycles. The predicted molar refractivity (Wildman–Crippen MR) is 68.0 cm³/mol. The molecule has 2 amide bonds. The topological polar surface area (TPSA) is 101 Å². The summed E-state index contributed by atoms with van der Waals surface area (Å²) in [7, 11) is 0. The third-order valence-electron chi connectivity index (χ3n) is 2.32. The highest BCUT2D eigenvalue weighted by atomic mass is 19.3. The van der Waals surface area contributed by atoms with E-state index in [-0.39, 0.29) is 25.4 Å². The zero-order chi connectivity index (χ0) is 15.7. The van der Waals surface area contributed by atoms with Gasteiger partial charge in [-0.3, -0.25) is 4.79 Å². The van der Waals surface area contributed by atoms with Gasteiger partial charge in [0.1, 0.15) is 0 Å². The Hall–Kier alpha value is -2.45. The van der Waals surface area contributed by atoms with Crippen LogP contribution in [0.5, 0.6) is 5.88 Å². The van der Waals surface area contributed by atoms with Gasteiger partial charge in [-0.15, -0.1) is 0 Å². The first kappa shape index (κ1) is 16.6. The molecule has 1 rings (SSSR count). The van der Waals surface area contributed by atoms with Crippen LogP contribution in [0, 0.1) is 0 Å².